The zero-order valence-electron chi connectivity index (χ0n) is 14.1. The Kier molecular flexibility index (Phi) is 8.17. The van der Waals surface area contributed by atoms with Crippen molar-refractivity contribution in [2.75, 3.05) is 25.6 Å². The molecule has 1 amide bonds. The molecule has 27 heavy (non-hydrogen) atoms. The van der Waals surface area contributed by atoms with Crippen LogP contribution in [0.3, 0.4) is 0 Å². The molecule has 146 valence electrons. The second-order valence-electron chi connectivity index (χ2n) is 5.41. The Labute approximate surface area is 172 Å². The van der Waals surface area contributed by atoms with E-state index >= 15 is 0 Å². The molecular formula is C17H16ClF2IN2O4. The first-order valence-electron chi connectivity index (χ1n) is 7.62. The van der Waals surface area contributed by atoms with Crippen LogP contribution in [0.25, 0.3) is 0 Å². The van der Waals surface area contributed by atoms with Gasteiger partial charge in [-0.25, -0.2) is 14.3 Å². The summed E-state index contributed by atoms with van der Waals surface area (Å²) < 4.78 is 33.3. The van der Waals surface area contributed by atoms with Crippen LogP contribution in [-0.4, -0.2) is 37.4 Å². The minimum Gasteiger partial charge on any atom is -0.388 e. The molecule has 0 radical (unpaired) electrons. The Balaban J connectivity index is 2.19. The van der Waals surface area contributed by atoms with Gasteiger partial charge in [0.25, 0.3) is 5.91 Å². The molecular weight excluding hydrogens is 497 g/mol. The van der Waals surface area contributed by atoms with Gasteiger partial charge in [0, 0.05) is 10.7 Å². The Morgan fingerprint density at radius 2 is 1.96 bits per heavy atom. The first kappa shape index (κ1) is 21.8. The first-order valence-corrected chi connectivity index (χ1v) is 9.07. The van der Waals surface area contributed by atoms with Crippen LogP contribution in [0.15, 0.2) is 30.3 Å². The Hall–Kier alpha value is -1.53. The number of hydroxylamine groups is 1. The highest BCUT2D eigenvalue weighted by molar-refractivity contribution is 14.1. The summed E-state index contributed by atoms with van der Waals surface area (Å²) in [7, 11) is 1.41. The molecule has 2 rings (SSSR count). The molecule has 1 atom stereocenters. The van der Waals surface area contributed by atoms with Crippen LogP contribution in [0.2, 0.25) is 5.02 Å². The molecule has 0 aliphatic heterocycles. The molecule has 0 saturated heterocycles. The molecule has 0 bridgehead atoms. The van der Waals surface area contributed by atoms with E-state index in [0.29, 0.717) is 3.57 Å². The van der Waals surface area contributed by atoms with Gasteiger partial charge >= 0.3 is 0 Å². The molecule has 0 heterocycles. The normalized spacial score (nSPS) is 11.9. The molecule has 0 aromatic heterocycles. The fourth-order valence-electron chi connectivity index (χ4n) is 2.07. The largest absolute Gasteiger partial charge is 0.388 e. The van der Waals surface area contributed by atoms with Gasteiger partial charge in [0.05, 0.1) is 28.6 Å². The van der Waals surface area contributed by atoms with Crippen LogP contribution in [0.1, 0.15) is 10.4 Å². The van der Waals surface area contributed by atoms with E-state index in [9.17, 15) is 18.7 Å². The minimum atomic E-state index is -0.939. The minimum absolute atomic E-state index is 0.00412. The third-order valence-electron chi connectivity index (χ3n) is 3.31. The maximum Gasteiger partial charge on any atom is 0.277 e. The molecule has 6 nitrogen and oxygen atoms in total. The van der Waals surface area contributed by atoms with Gasteiger partial charge in [-0.3, -0.25) is 9.63 Å². The molecule has 0 aliphatic carbocycles. The van der Waals surface area contributed by atoms with Gasteiger partial charge in [0.2, 0.25) is 0 Å². The number of ether oxygens (including phenoxy) is 1. The van der Waals surface area contributed by atoms with Gasteiger partial charge in [-0.1, -0.05) is 11.6 Å². The van der Waals surface area contributed by atoms with Gasteiger partial charge in [-0.05, 0) is 52.9 Å². The van der Waals surface area contributed by atoms with Gasteiger partial charge in [-0.2, -0.15) is 0 Å². The molecule has 2 aromatic rings. The number of nitrogens with one attached hydrogen (secondary N) is 2. The van der Waals surface area contributed by atoms with Crippen LogP contribution in [0.5, 0.6) is 0 Å². The smallest absolute Gasteiger partial charge is 0.277 e. The van der Waals surface area contributed by atoms with Crippen molar-refractivity contribution in [3.63, 3.8) is 0 Å². The van der Waals surface area contributed by atoms with Crippen LogP contribution < -0.4 is 10.8 Å². The second-order valence-corrected chi connectivity index (χ2v) is 7.07. The van der Waals surface area contributed by atoms with Gasteiger partial charge in [0.1, 0.15) is 24.3 Å². The summed E-state index contributed by atoms with van der Waals surface area (Å²) in [6, 6.07) is 6.47. The van der Waals surface area contributed by atoms with E-state index in [2.05, 4.69) is 10.8 Å². The Morgan fingerprint density at radius 3 is 2.63 bits per heavy atom. The van der Waals surface area contributed by atoms with Crippen LogP contribution >= 0.6 is 34.2 Å². The van der Waals surface area contributed by atoms with E-state index in [1.165, 1.54) is 19.2 Å². The summed E-state index contributed by atoms with van der Waals surface area (Å²) in [6.45, 7) is -0.194. The number of anilines is 2. The number of hydrogen-bond acceptors (Lipinski definition) is 5. The standard InChI is InChI=1S/C17H16ClF2IN2O4/c1-26-7-10(24)8-27-23-17(25)11-5-12(18)13(19)6-16(11)22-15-3-2-9(21)4-14(15)20/h2-6,10,22,24H,7-8H2,1H3,(H,23,25). The topological polar surface area (TPSA) is 79.8 Å². The van der Waals surface area contributed by atoms with Crippen LogP contribution in [0.4, 0.5) is 20.2 Å². The number of amides is 1. The summed E-state index contributed by atoms with van der Waals surface area (Å²) in [4.78, 5) is 17.2. The fraction of sp³-hybridized carbons (Fsp3) is 0.235. The number of carbonyl (C=O) groups is 1. The Morgan fingerprint density at radius 1 is 1.22 bits per heavy atom. The predicted molar refractivity (Wildman–Crippen MR) is 105 cm³/mol. The average molecular weight is 513 g/mol. The fourth-order valence-corrected chi connectivity index (χ4v) is 2.69. The maximum atomic E-state index is 14.1. The predicted octanol–water partition coefficient (Wildman–Crippen LogP) is 3.64. The van der Waals surface area contributed by atoms with Crippen molar-refractivity contribution in [2.24, 2.45) is 0 Å². The van der Waals surface area contributed by atoms with Crippen LogP contribution in [0, 0.1) is 15.2 Å². The highest BCUT2D eigenvalue weighted by Gasteiger charge is 2.17. The number of rotatable bonds is 8. The summed E-state index contributed by atoms with van der Waals surface area (Å²) in [6.07, 6.45) is -0.939. The lowest BCUT2D eigenvalue weighted by Crippen LogP contribution is -2.30. The maximum absolute atomic E-state index is 14.1. The van der Waals surface area contributed by atoms with Crippen molar-refractivity contribution in [1.29, 1.82) is 0 Å². The van der Waals surface area contributed by atoms with E-state index in [1.54, 1.807) is 6.07 Å². The first-order chi connectivity index (χ1) is 12.8. The molecule has 0 fully saturated rings. The van der Waals surface area contributed by atoms with Crippen molar-refractivity contribution in [1.82, 2.24) is 5.48 Å². The van der Waals surface area contributed by atoms with E-state index in [4.69, 9.17) is 21.2 Å². The molecule has 0 spiro atoms. The van der Waals surface area contributed by atoms with Crippen molar-refractivity contribution in [2.45, 2.75) is 6.10 Å². The number of aliphatic hydroxyl groups excluding tert-OH is 1. The van der Waals surface area contributed by atoms with Crippen molar-refractivity contribution >= 4 is 51.5 Å². The SMILES string of the molecule is COCC(O)CONC(=O)c1cc(Cl)c(F)cc1Nc1ccc(I)cc1F. The molecule has 10 heteroatoms. The van der Waals surface area contributed by atoms with Gasteiger partial charge in [-0.15, -0.1) is 0 Å². The van der Waals surface area contributed by atoms with E-state index in [-0.39, 0.29) is 35.2 Å². The number of hydrogen-bond donors (Lipinski definition) is 3. The van der Waals surface area contributed by atoms with Gasteiger partial charge < -0.3 is 15.2 Å². The van der Waals surface area contributed by atoms with Crippen molar-refractivity contribution in [3.8, 4) is 0 Å². The lowest BCUT2D eigenvalue weighted by Gasteiger charge is -2.15. The summed E-state index contributed by atoms with van der Waals surface area (Å²) in [5.41, 5.74) is 2.10. The number of halogens is 4. The monoisotopic (exact) mass is 512 g/mol. The van der Waals surface area contributed by atoms with Crippen LogP contribution in [-0.2, 0) is 9.57 Å². The van der Waals surface area contributed by atoms with Crippen molar-refractivity contribution < 1.29 is 28.3 Å². The molecule has 2 aromatic carbocycles. The van der Waals surface area contributed by atoms with E-state index in [1.807, 2.05) is 22.6 Å². The average Bonchev–Trinajstić information content (AvgIpc) is 2.60. The highest BCUT2D eigenvalue weighted by atomic mass is 127. The molecule has 3 N–H and O–H groups in total. The summed E-state index contributed by atoms with van der Waals surface area (Å²) in [5.74, 6) is -2.10. The van der Waals surface area contributed by atoms with Crippen molar-refractivity contribution in [3.05, 3.63) is 56.1 Å². The van der Waals surface area contributed by atoms with Gasteiger partial charge in [0.15, 0.2) is 0 Å². The zero-order chi connectivity index (χ0) is 20.0. The lowest BCUT2D eigenvalue weighted by molar-refractivity contribution is -0.0365. The molecule has 0 aliphatic rings. The number of methoxy groups -OCH3 is 1. The second kappa shape index (κ2) is 10.1. The quantitative estimate of drug-likeness (QED) is 0.372. The van der Waals surface area contributed by atoms with E-state index < -0.39 is 23.6 Å². The summed E-state index contributed by atoms with van der Waals surface area (Å²) in [5, 5.41) is 11.9. The molecule has 1 unspecified atom stereocenters. The number of benzene rings is 2. The lowest BCUT2D eigenvalue weighted by atomic mass is 10.1. The zero-order valence-corrected chi connectivity index (χ0v) is 17.0. The third-order valence-corrected chi connectivity index (χ3v) is 4.27. The Bertz CT molecular complexity index is 826. The number of carbonyl (C=O) groups excluding carboxylic acids is 1. The van der Waals surface area contributed by atoms with E-state index in [0.717, 1.165) is 12.1 Å². The highest BCUT2D eigenvalue weighted by Crippen LogP contribution is 2.28. The number of aliphatic hydroxyl groups is 1. The summed E-state index contributed by atoms with van der Waals surface area (Å²) >= 11 is 7.71. The third kappa shape index (κ3) is 6.25. The molecule has 0 saturated carbocycles.